The summed E-state index contributed by atoms with van der Waals surface area (Å²) >= 11 is 5.22. The molecule has 20 heavy (non-hydrogen) atoms. The average Bonchev–Trinajstić information content (AvgIpc) is 2.38. The average molecular weight is 456 g/mol. The second-order valence-corrected chi connectivity index (χ2v) is 5.92. The van der Waals surface area contributed by atoms with Crippen molar-refractivity contribution in [3.8, 4) is 0 Å². The first-order valence-electron chi connectivity index (χ1n) is 5.29. The molecule has 0 fully saturated rings. The maximum absolute atomic E-state index is 13.5. The van der Waals surface area contributed by atoms with Crippen molar-refractivity contribution >= 4 is 50.1 Å². The van der Waals surface area contributed by atoms with E-state index in [1.54, 1.807) is 18.2 Å². The number of halogens is 5. The Hall–Kier alpha value is -1.09. The summed E-state index contributed by atoms with van der Waals surface area (Å²) in [6, 6.07) is 6.01. The third-order valence-corrected chi connectivity index (χ3v) is 3.79. The standard InChI is InChI=1S/C13H6BrF3INO/c14-8-2-1-6(18)3-7(8)13(20)19-12-5-10(16)9(15)4-11(12)17/h1-5H,(H,19,20). The highest BCUT2D eigenvalue weighted by molar-refractivity contribution is 14.1. The predicted octanol–water partition coefficient (Wildman–Crippen LogP) is 4.72. The third-order valence-electron chi connectivity index (χ3n) is 2.43. The molecule has 0 aliphatic carbocycles. The number of carbonyl (C=O) groups is 1. The maximum atomic E-state index is 13.5. The Kier molecular flexibility index (Phi) is 4.69. The molecule has 0 aromatic heterocycles. The molecule has 7 heteroatoms. The molecule has 0 spiro atoms. The molecule has 2 aromatic carbocycles. The van der Waals surface area contributed by atoms with Crippen molar-refractivity contribution in [2.24, 2.45) is 0 Å². The number of benzene rings is 2. The Bertz CT molecular complexity index is 694. The Morgan fingerprint density at radius 2 is 1.70 bits per heavy atom. The molecular formula is C13H6BrF3INO. The highest BCUT2D eigenvalue weighted by Gasteiger charge is 2.15. The van der Waals surface area contributed by atoms with E-state index in [0.717, 1.165) is 3.57 Å². The molecule has 2 nitrogen and oxygen atoms in total. The van der Waals surface area contributed by atoms with Gasteiger partial charge in [-0.1, -0.05) is 0 Å². The van der Waals surface area contributed by atoms with Crippen LogP contribution in [0.2, 0.25) is 0 Å². The van der Waals surface area contributed by atoms with Crippen LogP contribution in [0.15, 0.2) is 34.8 Å². The van der Waals surface area contributed by atoms with Gasteiger partial charge in [0.05, 0.1) is 11.3 Å². The molecular weight excluding hydrogens is 450 g/mol. The topological polar surface area (TPSA) is 29.1 Å². The molecule has 0 unspecified atom stereocenters. The number of carbonyl (C=O) groups excluding carboxylic acids is 1. The molecule has 0 bridgehead atoms. The Morgan fingerprint density at radius 1 is 1.05 bits per heavy atom. The van der Waals surface area contributed by atoms with Crippen LogP contribution in [-0.2, 0) is 0 Å². The predicted molar refractivity (Wildman–Crippen MR) is 81.1 cm³/mol. The van der Waals surface area contributed by atoms with Crippen LogP contribution in [0, 0.1) is 21.0 Å². The number of anilines is 1. The lowest BCUT2D eigenvalue weighted by Crippen LogP contribution is -2.14. The van der Waals surface area contributed by atoms with Crippen molar-refractivity contribution in [3.63, 3.8) is 0 Å². The van der Waals surface area contributed by atoms with Crippen LogP contribution >= 0.6 is 38.5 Å². The van der Waals surface area contributed by atoms with Crippen molar-refractivity contribution in [2.45, 2.75) is 0 Å². The first-order valence-corrected chi connectivity index (χ1v) is 7.16. The lowest BCUT2D eigenvalue weighted by Gasteiger charge is -2.09. The molecule has 0 aliphatic rings. The van der Waals surface area contributed by atoms with Crippen LogP contribution in [0.1, 0.15) is 10.4 Å². The fourth-order valence-corrected chi connectivity index (χ4v) is 2.40. The summed E-state index contributed by atoms with van der Waals surface area (Å²) in [7, 11) is 0. The molecule has 0 saturated carbocycles. The maximum Gasteiger partial charge on any atom is 0.256 e. The second kappa shape index (κ2) is 6.13. The Morgan fingerprint density at radius 3 is 2.40 bits per heavy atom. The van der Waals surface area contributed by atoms with Gasteiger partial charge in [-0.15, -0.1) is 0 Å². The number of rotatable bonds is 2. The summed E-state index contributed by atoms with van der Waals surface area (Å²) in [4.78, 5) is 12.0. The van der Waals surface area contributed by atoms with Gasteiger partial charge in [0.1, 0.15) is 5.82 Å². The highest BCUT2D eigenvalue weighted by Crippen LogP contribution is 2.23. The summed E-state index contributed by atoms with van der Waals surface area (Å²) in [6.45, 7) is 0. The van der Waals surface area contributed by atoms with Crippen molar-refractivity contribution < 1.29 is 18.0 Å². The Balaban J connectivity index is 2.32. The van der Waals surface area contributed by atoms with E-state index in [0.29, 0.717) is 16.6 Å². The molecule has 1 amide bonds. The first-order chi connectivity index (χ1) is 9.38. The molecule has 0 heterocycles. The van der Waals surface area contributed by atoms with Gasteiger partial charge in [-0.3, -0.25) is 4.79 Å². The van der Waals surface area contributed by atoms with Gasteiger partial charge in [-0.25, -0.2) is 13.2 Å². The van der Waals surface area contributed by atoms with Crippen LogP contribution in [0.3, 0.4) is 0 Å². The van der Waals surface area contributed by atoms with Gasteiger partial charge in [-0.2, -0.15) is 0 Å². The van der Waals surface area contributed by atoms with Gasteiger partial charge in [0.25, 0.3) is 5.91 Å². The molecule has 1 N–H and O–H groups in total. The van der Waals surface area contributed by atoms with E-state index in [2.05, 4.69) is 21.2 Å². The summed E-state index contributed by atoms with van der Waals surface area (Å²) in [6.07, 6.45) is 0. The fraction of sp³-hybridized carbons (Fsp3) is 0. The minimum atomic E-state index is -1.31. The van der Waals surface area contributed by atoms with E-state index < -0.39 is 29.0 Å². The van der Waals surface area contributed by atoms with Crippen molar-refractivity contribution in [1.29, 1.82) is 0 Å². The van der Waals surface area contributed by atoms with Crippen LogP contribution < -0.4 is 5.32 Å². The fourth-order valence-electron chi connectivity index (χ4n) is 1.48. The molecule has 0 saturated heterocycles. The third kappa shape index (κ3) is 3.32. The first kappa shape index (κ1) is 15.3. The zero-order valence-corrected chi connectivity index (χ0v) is 13.4. The smallest absolute Gasteiger partial charge is 0.256 e. The van der Waals surface area contributed by atoms with Gasteiger partial charge in [-0.05, 0) is 56.7 Å². The number of nitrogens with one attached hydrogen (secondary N) is 1. The van der Waals surface area contributed by atoms with Gasteiger partial charge in [0.2, 0.25) is 0 Å². The monoisotopic (exact) mass is 455 g/mol. The molecule has 2 aromatic rings. The summed E-state index contributed by atoms with van der Waals surface area (Å²) in [5.74, 6) is -4.21. The highest BCUT2D eigenvalue weighted by atomic mass is 127. The second-order valence-electron chi connectivity index (χ2n) is 3.82. The lowest BCUT2D eigenvalue weighted by atomic mass is 10.2. The summed E-state index contributed by atoms with van der Waals surface area (Å²) in [5.41, 5.74) is -0.152. The quantitative estimate of drug-likeness (QED) is 0.515. The van der Waals surface area contributed by atoms with E-state index in [4.69, 9.17) is 0 Å². The van der Waals surface area contributed by atoms with E-state index in [-0.39, 0.29) is 5.56 Å². The largest absolute Gasteiger partial charge is 0.319 e. The molecule has 0 aliphatic heterocycles. The van der Waals surface area contributed by atoms with Gasteiger partial charge in [0.15, 0.2) is 11.6 Å². The van der Waals surface area contributed by atoms with E-state index in [9.17, 15) is 18.0 Å². The van der Waals surface area contributed by atoms with Crippen molar-refractivity contribution in [2.75, 3.05) is 5.32 Å². The SMILES string of the molecule is O=C(Nc1cc(F)c(F)cc1F)c1cc(I)ccc1Br. The van der Waals surface area contributed by atoms with Crippen molar-refractivity contribution in [1.82, 2.24) is 0 Å². The van der Waals surface area contributed by atoms with E-state index >= 15 is 0 Å². The van der Waals surface area contributed by atoms with Crippen LogP contribution in [0.5, 0.6) is 0 Å². The summed E-state index contributed by atoms with van der Waals surface area (Å²) in [5, 5.41) is 2.21. The molecule has 0 radical (unpaired) electrons. The van der Waals surface area contributed by atoms with Crippen LogP contribution in [-0.4, -0.2) is 5.91 Å². The van der Waals surface area contributed by atoms with Gasteiger partial charge < -0.3 is 5.32 Å². The number of hydrogen-bond donors (Lipinski definition) is 1. The van der Waals surface area contributed by atoms with Gasteiger partial charge >= 0.3 is 0 Å². The van der Waals surface area contributed by atoms with E-state index in [1.165, 1.54) is 0 Å². The number of amides is 1. The van der Waals surface area contributed by atoms with Crippen LogP contribution in [0.25, 0.3) is 0 Å². The van der Waals surface area contributed by atoms with Gasteiger partial charge in [0, 0.05) is 20.2 Å². The van der Waals surface area contributed by atoms with Crippen LogP contribution in [0.4, 0.5) is 18.9 Å². The van der Waals surface area contributed by atoms with E-state index in [1.807, 2.05) is 22.6 Å². The molecule has 104 valence electrons. The molecule has 2 rings (SSSR count). The normalized spacial score (nSPS) is 10.4. The minimum absolute atomic E-state index is 0.265. The molecule has 0 atom stereocenters. The number of hydrogen-bond acceptors (Lipinski definition) is 1. The zero-order valence-electron chi connectivity index (χ0n) is 9.68. The van der Waals surface area contributed by atoms with Crippen molar-refractivity contribution in [3.05, 3.63) is 61.4 Å². The summed E-state index contributed by atoms with van der Waals surface area (Å²) < 4.78 is 40.6. The zero-order chi connectivity index (χ0) is 14.9. The minimum Gasteiger partial charge on any atom is -0.319 e. The Labute approximate surface area is 134 Å². The lowest BCUT2D eigenvalue weighted by molar-refractivity contribution is 0.102.